The Balaban J connectivity index is 1.56. The fraction of sp³-hybridized carbons (Fsp3) is 0.440. The molecule has 4 aromatic rings. The van der Waals surface area contributed by atoms with Crippen LogP contribution in [0.3, 0.4) is 0 Å². The van der Waals surface area contributed by atoms with Crippen molar-refractivity contribution in [1.29, 1.82) is 0 Å². The zero-order valence-electron chi connectivity index (χ0n) is 19.4. The molecular formula is C25H30FN7. The quantitative estimate of drug-likeness (QED) is 0.451. The lowest BCUT2D eigenvalue weighted by atomic mass is 9.91. The van der Waals surface area contributed by atoms with Gasteiger partial charge in [0.15, 0.2) is 5.65 Å². The van der Waals surface area contributed by atoms with Crippen molar-refractivity contribution in [2.24, 2.45) is 0 Å². The molecule has 8 heteroatoms. The summed E-state index contributed by atoms with van der Waals surface area (Å²) in [6, 6.07) is 10.1. The van der Waals surface area contributed by atoms with Crippen molar-refractivity contribution >= 4 is 5.65 Å². The molecule has 1 saturated carbocycles. The van der Waals surface area contributed by atoms with Crippen molar-refractivity contribution in [2.75, 3.05) is 0 Å². The van der Waals surface area contributed by atoms with Gasteiger partial charge >= 0.3 is 0 Å². The predicted molar refractivity (Wildman–Crippen MR) is 126 cm³/mol. The van der Waals surface area contributed by atoms with E-state index in [9.17, 15) is 4.39 Å². The number of nitrogens with zero attached hydrogens (tertiary/aromatic N) is 6. The van der Waals surface area contributed by atoms with Crippen LogP contribution in [0.4, 0.5) is 4.39 Å². The van der Waals surface area contributed by atoms with Crippen molar-refractivity contribution in [3.63, 3.8) is 0 Å². The Morgan fingerprint density at radius 1 is 1.18 bits per heavy atom. The summed E-state index contributed by atoms with van der Waals surface area (Å²) in [4.78, 5) is 19.8. The summed E-state index contributed by atoms with van der Waals surface area (Å²) < 4.78 is 16.6. The van der Waals surface area contributed by atoms with Crippen molar-refractivity contribution < 1.29 is 4.39 Å². The third kappa shape index (κ3) is 4.39. The maximum atomic E-state index is 14.8. The minimum absolute atomic E-state index is 0.0693. The summed E-state index contributed by atoms with van der Waals surface area (Å²) in [5.74, 6) is 0.816. The van der Waals surface area contributed by atoms with E-state index in [1.54, 1.807) is 4.52 Å². The van der Waals surface area contributed by atoms with Gasteiger partial charge in [-0.05, 0) is 57.9 Å². The number of aryl methyl sites for hydroxylation is 1. The predicted octanol–water partition coefficient (Wildman–Crippen LogP) is 4.98. The van der Waals surface area contributed by atoms with Gasteiger partial charge in [-0.2, -0.15) is 5.10 Å². The number of aromatic amines is 1. The van der Waals surface area contributed by atoms with Gasteiger partial charge in [0.05, 0.1) is 23.6 Å². The molecule has 0 spiro atoms. The number of imidazole rings is 1. The maximum absolute atomic E-state index is 14.8. The van der Waals surface area contributed by atoms with E-state index in [1.807, 2.05) is 43.5 Å². The molecule has 1 aliphatic rings. The Bertz CT molecular complexity index is 1240. The van der Waals surface area contributed by atoms with E-state index in [0.29, 0.717) is 13.0 Å². The molecule has 0 radical (unpaired) electrons. The second-order valence-electron chi connectivity index (χ2n) is 9.18. The van der Waals surface area contributed by atoms with Gasteiger partial charge in [-0.15, -0.1) is 0 Å². The van der Waals surface area contributed by atoms with Gasteiger partial charge in [0.2, 0.25) is 0 Å². The largest absolute Gasteiger partial charge is 0.339 e. The highest BCUT2D eigenvalue weighted by Gasteiger charge is 2.32. The lowest BCUT2D eigenvalue weighted by molar-refractivity contribution is 0.0453. The number of nitrogens with one attached hydrogen (secondary N) is 1. The molecule has 0 aromatic carbocycles. The Labute approximate surface area is 193 Å². The van der Waals surface area contributed by atoms with Crippen LogP contribution in [0.25, 0.3) is 28.3 Å². The van der Waals surface area contributed by atoms with Crippen molar-refractivity contribution in [3.8, 4) is 22.6 Å². The van der Waals surface area contributed by atoms with Gasteiger partial charge in [-0.25, -0.2) is 18.9 Å². The standard InChI is InChI=1S/C25H30FN7/c1-16(2)32(21-10-5-4-8-19(21)26)14-22-30-24(18-11-12-33-23(13-18)27-15-28-33)25(31-22)20-9-6-7-17(3)29-20/h6-7,9,11-13,15-16,19,21H,4-5,8,10,14H2,1-3H3,(H,30,31). The number of alkyl halides is 1. The van der Waals surface area contributed by atoms with Crippen LogP contribution in [0.1, 0.15) is 51.0 Å². The van der Waals surface area contributed by atoms with Crippen LogP contribution in [-0.2, 0) is 6.54 Å². The van der Waals surface area contributed by atoms with Crippen LogP contribution in [0.15, 0.2) is 42.9 Å². The Morgan fingerprint density at radius 3 is 2.82 bits per heavy atom. The molecule has 33 heavy (non-hydrogen) atoms. The summed E-state index contributed by atoms with van der Waals surface area (Å²) >= 11 is 0. The lowest BCUT2D eigenvalue weighted by Crippen LogP contribution is -2.46. The zero-order valence-corrected chi connectivity index (χ0v) is 19.4. The average molecular weight is 448 g/mol. The molecule has 0 saturated heterocycles. The first-order valence-electron chi connectivity index (χ1n) is 11.7. The molecule has 2 unspecified atom stereocenters. The van der Waals surface area contributed by atoms with Gasteiger partial charge in [0.25, 0.3) is 0 Å². The fourth-order valence-electron chi connectivity index (χ4n) is 4.83. The van der Waals surface area contributed by atoms with Crippen molar-refractivity contribution in [1.82, 2.24) is 34.4 Å². The molecule has 7 nitrogen and oxygen atoms in total. The number of H-pyrrole nitrogens is 1. The third-order valence-electron chi connectivity index (χ3n) is 6.52. The normalized spacial score (nSPS) is 19.1. The highest BCUT2D eigenvalue weighted by molar-refractivity contribution is 5.78. The monoisotopic (exact) mass is 447 g/mol. The maximum Gasteiger partial charge on any atom is 0.155 e. The lowest BCUT2D eigenvalue weighted by Gasteiger charge is -2.38. The topological polar surface area (TPSA) is 75.0 Å². The van der Waals surface area contributed by atoms with Gasteiger partial charge in [-0.3, -0.25) is 9.88 Å². The Morgan fingerprint density at radius 2 is 2.03 bits per heavy atom. The first-order chi connectivity index (χ1) is 16.0. The zero-order chi connectivity index (χ0) is 22.9. The summed E-state index contributed by atoms with van der Waals surface area (Å²) in [6.45, 7) is 6.81. The molecule has 1 fully saturated rings. The molecule has 5 rings (SSSR count). The molecule has 2 atom stereocenters. The summed E-state index contributed by atoms with van der Waals surface area (Å²) in [7, 11) is 0. The van der Waals surface area contributed by atoms with E-state index in [1.165, 1.54) is 6.33 Å². The van der Waals surface area contributed by atoms with E-state index in [2.05, 4.69) is 33.8 Å². The minimum Gasteiger partial charge on any atom is -0.339 e. The van der Waals surface area contributed by atoms with Gasteiger partial charge in [-0.1, -0.05) is 18.9 Å². The first-order valence-corrected chi connectivity index (χ1v) is 11.7. The SMILES string of the molecule is Cc1cccc(-c2[nH]c(CN(C(C)C)C3CCCCC3F)nc2-c2ccn3ncnc3c2)n1. The Hall–Kier alpha value is -3.13. The number of aromatic nitrogens is 6. The van der Waals surface area contributed by atoms with E-state index in [0.717, 1.165) is 59.1 Å². The molecular weight excluding hydrogens is 417 g/mol. The van der Waals surface area contributed by atoms with Gasteiger partial charge < -0.3 is 4.98 Å². The number of halogens is 1. The van der Waals surface area contributed by atoms with Crippen LogP contribution in [-0.4, -0.2) is 52.7 Å². The number of hydrogen-bond donors (Lipinski definition) is 1. The van der Waals surface area contributed by atoms with E-state index in [-0.39, 0.29) is 12.1 Å². The highest BCUT2D eigenvalue weighted by atomic mass is 19.1. The third-order valence-corrected chi connectivity index (χ3v) is 6.52. The number of hydrogen-bond acceptors (Lipinski definition) is 5. The molecule has 4 heterocycles. The summed E-state index contributed by atoms with van der Waals surface area (Å²) in [6.07, 6.45) is 6.23. The molecule has 0 amide bonds. The van der Waals surface area contributed by atoms with Gasteiger partial charge in [0, 0.05) is 29.5 Å². The number of fused-ring (bicyclic) bond motifs is 1. The molecule has 4 aromatic heterocycles. The molecule has 172 valence electrons. The minimum atomic E-state index is -0.788. The first kappa shape index (κ1) is 21.7. The average Bonchev–Trinajstić information content (AvgIpc) is 3.44. The van der Waals surface area contributed by atoms with Gasteiger partial charge in [0.1, 0.15) is 18.3 Å². The van der Waals surface area contributed by atoms with Crippen LogP contribution < -0.4 is 0 Å². The highest BCUT2D eigenvalue weighted by Crippen LogP contribution is 2.32. The van der Waals surface area contributed by atoms with Crippen molar-refractivity contribution in [3.05, 3.63) is 54.4 Å². The fourth-order valence-corrected chi connectivity index (χ4v) is 4.83. The summed E-state index contributed by atoms with van der Waals surface area (Å²) in [5, 5.41) is 4.19. The van der Waals surface area contributed by atoms with Crippen LogP contribution in [0, 0.1) is 6.92 Å². The van der Waals surface area contributed by atoms with Crippen molar-refractivity contribution in [2.45, 2.75) is 71.3 Å². The smallest absolute Gasteiger partial charge is 0.155 e. The molecule has 1 aliphatic carbocycles. The summed E-state index contributed by atoms with van der Waals surface area (Å²) in [5.41, 5.74) is 5.15. The van der Waals surface area contributed by atoms with Crippen LogP contribution in [0.2, 0.25) is 0 Å². The molecule has 1 N–H and O–H groups in total. The number of pyridine rings is 2. The van der Waals surface area contributed by atoms with E-state index >= 15 is 0 Å². The second-order valence-corrected chi connectivity index (χ2v) is 9.18. The number of rotatable bonds is 6. The van der Waals surface area contributed by atoms with Crippen LogP contribution >= 0.6 is 0 Å². The Kier molecular flexibility index (Phi) is 5.93. The van der Waals surface area contributed by atoms with Crippen LogP contribution in [0.5, 0.6) is 0 Å². The second kappa shape index (κ2) is 9.02. The molecule has 0 aliphatic heterocycles. The van der Waals surface area contributed by atoms with E-state index in [4.69, 9.17) is 9.97 Å². The van der Waals surface area contributed by atoms with E-state index < -0.39 is 6.17 Å². The molecule has 0 bridgehead atoms.